The second-order valence-electron chi connectivity index (χ2n) is 2.46. The molecule has 0 fully saturated rings. The van der Waals surface area contributed by atoms with Gasteiger partial charge in [0.2, 0.25) is 5.78 Å². The minimum atomic E-state index is -0.933. The fraction of sp³-hybridized carbons (Fsp3) is 0.571. The average Bonchev–Trinajstić information content (AvgIpc) is 2.02. The number of carbonyl (C=O) groups excluding carboxylic acids is 3. The van der Waals surface area contributed by atoms with Gasteiger partial charge < -0.3 is 4.74 Å². The van der Waals surface area contributed by atoms with Crippen LogP contribution in [0.1, 0.15) is 13.8 Å². The van der Waals surface area contributed by atoms with E-state index >= 15 is 0 Å². The molecule has 12 heavy (non-hydrogen) atoms. The molecule has 0 aliphatic carbocycles. The predicted molar refractivity (Wildman–Crippen MR) is 40.4 cm³/mol. The molecule has 0 unspecified atom stereocenters. The van der Waals surface area contributed by atoms with Crippen molar-refractivity contribution in [2.24, 2.45) is 5.92 Å². The topological polar surface area (TPSA) is 72.5 Å². The number of nitrogens with one attached hydrogen (secondary N) is 1. The minimum absolute atomic E-state index is 0.422. The number of imide groups is 1. The minimum Gasteiger partial charge on any atom is -0.453 e. The Morgan fingerprint density at radius 2 is 1.75 bits per heavy atom. The molecule has 0 aromatic heterocycles. The first kappa shape index (κ1) is 10.6. The molecular weight excluding hydrogens is 162 g/mol. The summed E-state index contributed by atoms with van der Waals surface area (Å²) in [6.45, 7) is 3.14. The van der Waals surface area contributed by atoms with Crippen molar-refractivity contribution in [1.82, 2.24) is 5.32 Å². The van der Waals surface area contributed by atoms with Crippen LogP contribution in [0.15, 0.2) is 0 Å². The molecule has 0 radical (unpaired) electrons. The van der Waals surface area contributed by atoms with Crippen molar-refractivity contribution in [2.75, 3.05) is 7.11 Å². The van der Waals surface area contributed by atoms with E-state index in [2.05, 4.69) is 4.74 Å². The number of amides is 2. The highest BCUT2D eigenvalue weighted by Crippen LogP contribution is 1.93. The first-order chi connectivity index (χ1) is 5.49. The van der Waals surface area contributed by atoms with Crippen LogP contribution in [0.4, 0.5) is 4.79 Å². The summed E-state index contributed by atoms with van der Waals surface area (Å²) in [4.78, 5) is 32.1. The van der Waals surface area contributed by atoms with E-state index in [0.717, 1.165) is 7.11 Å². The Bertz CT molecular complexity index is 209. The van der Waals surface area contributed by atoms with Gasteiger partial charge in [-0.05, 0) is 0 Å². The fourth-order valence-electron chi connectivity index (χ4n) is 0.468. The third-order valence-electron chi connectivity index (χ3n) is 1.15. The maximum atomic E-state index is 10.9. The van der Waals surface area contributed by atoms with Crippen molar-refractivity contribution in [3.8, 4) is 0 Å². The number of methoxy groups -OCH3 is 1. The van der Waals surface area contributed by atoms with Gasteiger partial charge in [0.05, 0.1) is 7.11 Å². The molecule has 2 amide bonds. The van der Waals surface area contributed by atoms with Crippen LogP contribution in [0.3, 0.4) is 0 Å². The van der Waals surface area contributed by atoms with Crippen molar-refractivity contribution in [3.05, 3.63) is 0 Å². The maximum absolute atomic E-state index is 10.9. The highest BCUT2D eigenvalue weighted by molar-refractivity contribution is 6.38. The van der Waals surface area contributed by atoms with Crippen LogP contribution in [-0.2, 0) is 14.3 Å². The van der Waals surface area contributed by atoms with Crippen LogP contribution >= 0.6 is 0 Å². The summed E-state index contributed by atoms with van der Waals surface area (Å²) < 4.78 is 4.13. The number of hydrogen-bond acceptors (Lipinski definition) is 4. The number of carbonyl (C=O) groups is 3. The molecule has 0 aliphatic rings. The van der Waals surface area contributed by atoms with Crippen molar-refractivity contribution < 1.29 is 19.1 Å². The summed E-state index contributed by atoms with van der Waals surface area (Å²) in [5, 5.41) is 1.76. The Labute approximate surface area is 70.1 Å². The molecule has 0 spiro atoms. The second kappa shape index (κ2) is 4.48. The molecule has 0 heterocycles. The molecule has 0 aliphatic heterocycles. The second-order valence-corrected chi connectivity index (χ2v) is 2.46. The predicted octanol–water partition coefficient (Wildman–Crippen LogP) is 0.0941. The van der Waals surface area contributed by atoms with E-state index in [1.54, 1.807) is 19.2 Å². The lowest BCUT2D eigenvalue weighted by molar-refractivity contribution is -0.139. The SMILES string of the molecule is COC(=O)NC(=O)C(=O)C(C)C. The first-order valence-corrected chi connectivity index (χ1v) is 3.42. The van der Waals surface area contributed by atoms with E-state index < -0.39 is 23.7 Å². The van der Waals surface area contributed by atoms with E-state index in [-0.39, 0.29) is 0 Å². The zero-order valence-corrected chi connectivity index (χ0v) is 7.21. The highest BCUT2D eigenvalue weighted by atomic mass is 16.5. The summed E-state index contributed by atoms with van der Waals surface area (Å²) in [6, 6.07) is 0. The zero-order chi connectivity index (χ0) is 9.72. The van der Waals surface area contributed by atoms with E-state index in [4.69, 9.17) is 0 Å². The number of Topliss-reactive ketones (excluding diaryl/α,β-unsaturated/α-hetero) is 1. The van der Waals surface area contributed by atoms with Gasteiger partial charge in [-0.25, -0.2) is 4.79 Å². The van der Waals surface area contributed by atoms with E-state index in [1.165, 1.54) is 0 Å². The quantitative estimate of drug-likeness (QED) is 0.601. The first-order valence-electron chi connectivity index (χ1n) is 3.42. The van der Waals surface area contributed by atoms with Gasteiger partial charge in [-0.15, -0.1) is 0 Å². The van der Waals surface area contributed by atoms with E-state index in [9.17, 15) is 14.4 Å². The lowest BCUT2D eigenvalue weighted by atomic mass is 10.1. The summed E-state index contributed by atoms with van der Waals surface area (Å²) in [7, 11) is 1.11. The molecule has 0 atom stereocenters. The van der Waals surface area contributed by atoms with Crippen molar-refractivity contribution in [2.45, 2.75) is 13.8 Å². The summed E-state index contributed by atoms with van der Waals surface area (Å²) in [6.07, 6.45) is -0.922. The third-order valence-corrected chi connectivity index (χ3v) is 1.15. The summed E-state index contributed by atoms with van der Waals surface area (Å²) >= 11 is 0. The molecule has 0 aromatic rings. The third kappa shape index (κ3) is 3.14. The largest absolute Gasteiger partial charge is 0.453 e. The van der Waals surface area contributed by atoms with Gasteiger partial charge in [-0.3, -0.25) is 14.9 Å². The smallest absolute Gasteiger partial charge is 0.413 e. The van der Waals surface area contributed by atoms with Gasteiger partial charge in [0.15, 0.2) is 0 Å². The zero-order valence-electron chi connectivity index (χ0n) is 7.21. The van der Waals surface area contributed by atoms with Gasteiger partial charge in [0, 0.05) is 5.92 Å². The van der Waals surface area contributed by atoms with Crippen molar-refractivity contribution in [3.63, 3.8) is 0 Å². The van der Waals surface area contributed by atoms with Crippen LogP contribution in [-0.4, -0.2) is 24.9 Å². The van der Waals surface area contributed by atoms with Crippen molar-refractivity contribution >= 4 is 17.8 Å². The molecule has 0 bridgehead atoms. The molecule has 5 heteroatoms. The number of hydrogen-bond donors (Lipinski definition) is 1. The van der Waals surface area contributed by atoms with Crippen LogP contribution in [0.2, 0.25) is 0 Å². The standard InChI is InChI=1S/C7H11NO4/c1-4(2)5(9)6(10)8-7(11)12-3/h4H,1-3H3,(H,8,10,11). The summed E-state index contributed by atoms with van der Waals surface area (Å²) in [5.74, 6) is -1.99. The van der Waals surface area contributed by atoms with Crippen LogP contribution in [0.25, 0.3) is 0 Å². The Morgan fingerprint density at radius 3 is 2.08 bits per heavy atom. The van der Waals surface area contributed by atoms with Gasteiger partial charge in [0.25, 0.3) is 5.91 Å². The number of ether oxygens (including phenoxy) is 1. The Balaban J connectivity index is 4.05. The van der Waals surface area contributed by atoms with Gasteiger partial charge in [0.1, 0.15) is 0 Å². The molecule has 1 N–H and O–H groups in total. The summed E-state index contributed by atoms with van der Waals surface area (Å²) in [5.41, 5.74) is 0. The lowest BCUT2D eigenvalue weighted by Gasteiger charge is -2.02. The van der Waals surface area contributed by atoms with Gasteiger partial charge >= 0.3 is 6.09 Å². The molecule has 0 saturated heterocycles. The highest BCUT2D eigenvalue weighted by Gasteiger charge is 2.19. The Morgan fingerprint density at radius 1 is 1.25 bits per heavy atom. The molecule has 5 nitrogen and oxygen atoms in total. The molecule has 0 rings (SSSR count). The van der Waals surface area contributed by atoms with Crippen molar-refractivity contribution in [1.29, 1.82) is 0 Å². The fourth-order valence-corrected chi connectivity index (χ4v) is 0.468. The van der Waals surface area contributed by atoms with Gasteiger partial charge in [-0.2, -0.15) is 0 Å². The molecule has 0 saturated carbocycles. The monoisotopic (exact) mass is 173 g/mol. The van der Waals surface area contributed by atoms with Gasteiger partial charge in [-0.1, -0.05) is 13.8 Å². The number of alkyl carbamates (subject to hydrolysis) is 1. The number of ketones is 1. The normalized spacial score (nSPS) is 9.33. The Kier molecular flexibility index (Phi) is 3.96. The Hall–Kier alpha value is -1.39. The van der Waals surface area contributed by atoms with Crippen LogP contribution < -0.4 is 5.32 Å². The van der Waals surface area contributed by atoms with E-state index in [1.807, 2.05) is 0 Å². The molecule has 0 aromatic carbocycles. The molecular formula is C7H11NO4. The van der Waals surface area contributed by atoms with E-state index in [0.29, 0.717) is 0 Å². The average molecular weight is 173 g/mol. The van der Waals surface area contributed by atoms with Crippen LogP contribution in [0, 0.1) is 5.92 Å². The van der Waals surface area contributed by atoms with Crippen LogP contribution in [0.5, 0.6) is 0 Å². The maximum Gasteiger partial charge on any atom is 0.413 e. The number of rotatable bonds is 2. The molecule has 68 valence electrons. The lowest BCUT2D eigenvalue weighted by Crippen LogP contribution is -2.37.